The van der Waals surface area contributed by atoms with E-state index < -0.39 is 0 Å². The van der Waals surface area contributed by atoms with Crippen LogP contribution in [0, 0.1) is 0 Å². The van der Waals surface area contributed by atoms with Crippen LogP contribution < -0.4 is 9.64 Å². The molecule has 3 aromatic rings. The lowest BCUT2D eigenvalue weighted by Gasteiger charge is -2.13. The minimum Gasteiger partial charge on any atom is -0.494 e. The monoisotopic (exact) mass is 319 g/mol. The van der Waals surface area contributed by atoms with Crippen molar-refractivity contribution in [2.75, 3.05) is 26.1 Å². The molecule has 3 rings (SSSR count). The molecule has 0 bridgehead atoms. The van der Waals surface area contributed by atoms with Crippen LogP contribution >= 0.6 is 0 Å². The second kappa shape index (κ2) is 7.04. The van der Waals surface area contributed by atoms with Gasteiger partial charge in [-0.1, -0.05) is 12.1 Å². The van der Waals surface area contributed by atoms with E-state index in [0.717, 1.165) is 22.8 Å². The largest absolute Gasteiger partial charge is 0.494 e. The van der Waals surface area contributed by atoms with E-state index in [1.54, 1.807) is 7.11 Å². The summed E-state index contributed by atoms with van der Waals surface area (Å²) in [5.41, 5.74) is 4.11. The van der Waals surface area contributed by atoms with E-state index in [-0.39, 0.29) is 0 Å². The molecule has 1 aromatic heterocycles. The van der Waals surface area contributed by atoms with Gasteiger partial charge in [0.2, 0.25) is 0 Å². The molecular formula is C20H21N3O. The highest BCUT2D eigenvalue weighted by Crippen LogP contribution is 2.26. The number of methoxy groups -OCH3 is 1. The van der Waals surface area contributed by atoms with Crippen LogP contribution in [0.1, 0.15) is 5.69 Å². The van der Waals surface area contributed by atoms with Gasteiger partial charge in [-0.05, 0) is 48.5 Å². The normalized spacial score (nSPS) is 11.0. The Morgan fingerprint density at radius 2 is 1.71 bits per heavy atom. The standard InChI is InChI=1S/C20H21N3O/c1-22(2)16-10-12-17(13-11-16)23-14-6-7-18(23)15-21-19-8-4-5-9-20(19)24-3/h4-15H,1-3H3. The highest BCUT2D eigenvalue weighted by Gasteiger charge is 2.03. The number of ether oxygens (including phenoxy) is 1. The summed E-state index contributed by atoms with van der Waals surface area (Å²) < 4.78 is 7.45. The number of nitrogens with zero attached hydrogens (tertiary/aromatic N) is 3. The summed E-state index contributed by atoms with van der Waals surface area (Å²) in [6.45, 7) is 0. The Morgan fingerprint density at radius 3 is 2.42 bits per heavy atom. The summed E-state index contributed by atoms with van der Waals surface area (Å²) in [5, 5.41) is 0. The van der Waals surface area contributed by atoms with Gasteiger partial charge in [-0.3, -0.25) is 4.99 Å². The molecule has 0 amide bonds. The topological polar surface area (TPSA) is 29.8 Å². The molecule has 4 heteroatoms. The molecule has 0 aliphatic rings. The fraction of sp³-hybridized carbons (Fsp3) is 0.150. The Balaban J connectivity index is 1.89. The number of aliphatic imine (C=N–C) groups is 1. The Hall–Kier alpha value is -3.01. The Labute approximate surface area is 142 Å². The van der Waals surface area contributed by atoms with Crippen molar-refractivity contribution in [2.24, 2.45) is 4.99 Å². The number of hydrogen-bond donors (Lipinski definition) is 0. The zero-order chi connectivity index (χ0) is 16.9. The second-order valence-corrected chi connectivity index (χ2v) is 5.64. The summed E-state index contributed by atoms with van der Waals surface area (Å²) in [6.07, 6.45) is 3.89. The molecule has 0 aliphatic carbocycles. The molecule has 0 fully saturated rings. The van der Waals surface area contributed by atoms with Crippen molar-refractivity contribution in [1.29, 1.82) is 0 Å². The smallest absolute Gasteiger partial charge is 0.144 e. The van der Waals surface area contributed by atoms with E-state index >= 15 is 0 Å². The molecule has 24 heavy (non-hydrogen) atoms. The number of benzene rings is 2. The van der Waals surface area contributed by atoms with Crippen LogP contribution in [0.2, 0.25) is 0 Å². The molecule has 0 N–H and O–H groups in total. The molecule has 0 unspecified atom stereocenters. The lowest BCUT2D eigenvalue weighted by atomic mass is 10.2. The molecule has 1 heterocycles. The summed E-state index contributed by atoms with van der Waals surface area (Å²) in [4.78, 5) is 6.66. The number of anilines is 1. The maximum absolute atomic E-state index is 5.34. The van der Waals surface area contributed by atoms with E-state index in [4.69, 9.17) is 4.74 Å². The first kappa shape index (κ1) is 15.9. The van der Waals surface area contributed by atoms with Crippen molar-refractivity contribution in [3.8, 4) is 11.4 Å². The van der Waals surface area contributed by atoms with E-state index in [2.05, 4.69) is 38.7 Å². The third-order valence-electron chi connectivity index (χ3n) is 3.85. The maximum Gasteiger partial charge on any atom is 0.144 e. The van der Waals surface area contributed by atoms with Crippen molar-refractivity contribution >= 4 is 17.6 Å². The minimum absolute atomic E-state index is 0.766. The zero-order valence-corrected chi connectivity index (χ0v) is 14.2. The summed E-state index contributed by atoms with van der Waals surface area (Å²) in [5.74, 6) is 0.766. The van der Waals surface area contributed by atoms with Crippen LogP contribution in [-0.4, -0.2) is 32.0 Å². The van der Waals surface area contributed by atoms with Crippen LogP contribution in [0.15, 0.2) is 71.9 Å². The van der Waals surface area contributed by atoms with Crippen molar-refractivity contribution < 1.29 is 4.74 Å². The Bertz CT molecular complexity index is 832. The SMILES string of the molecule is COc1ccccc1N=Cc1cccn1-c1ccc(N(C)C)cc1. The molecular weight excluding hydrogens is 298 g/mol. The van der Waals surface area contributed by atoms with Crippen LogP contribution in [-0.2, 0) is 0 Å². The van der Waals surface area contributed by atoms with Gasteiger partial charge in [-0.25, -0.2) is 0 Å². The predicted molar refractivity (Wildman–Crippen MR) is 100 cm³/mol. The summed E-state index contributed by atoms with van der Waals surface area (Å²) in [6, 6.07) is 20.2. The van der Waals surface area contributed by atoms with E-state index in [1.807, 2.05) is 62.9 Å². The Morgan fingerprint density at radius 1 is 0.958 bits per heavy atom. The molecule has 4 nitrogen and oxygen atoms in total. The molecule has 0 aliphatic heterocycles. The first-order valence-corrected chi connectivity index (χ1v) is 7.81. The van der Waals surface area contributed by atoms with Gasteiger partial charge < -0.3 is 14.2 Å². The van der Waals surface area contributed by atoms with Gasteiger partial charge in [0.25, 0.3) is 0 Å². The number of aromatic nitrogens is 1. The zero-order valence-electron chi connectivity index (χ0n) is 14.2. The molecule has 0 spiro atoms. The Kier molecular flexibility index (Phi) is 4.66. The second-order valence-electron chi connectivity index (χ2n) is 5.64. The van der Waals surface area contributed by atoms with Crippen LogP contribution in [0.25, 0.3) is 5.69 Å². The number of hydrogen-bond acceptors (Lipinski definition) is 3. The quantitative estimate of drug-likeness (QED) is 0.656. The van der Waals surface area contributed by atoms with E-state index in [9.17, 15) is 0 Å². The van der Waals surface area contributed by atoms with Gasteiger partial charge in [-0.15, -0.1) is 0 Å². The summed E-state index contributed by atoms with van der Waals surface area (Å²) in [7, 11) is 5.73. The van der Waals surface area contributed by atoms with Gasteiger partial charge in [0, 0.05) is 31.7 Å². The first-order chi connectivity index (χ1) is 11.7. The third-order valence-corrected chi connectivity index (χ3v) is 3.85. The highest BCUT2D eigenvalue weighted by molar-refractivity contribution is 5.82. The van der Waals surface area contributed by atoms with E-state index in [1.165, 1.54) is 5.69 Å². The van der Waals surface area contributed by atoms with Crippen molar-refractivity contribution in [3.05, 3.63) is 72.6 Å². The average Bonchev–Trinajstić information content (AvgIpc) is 3.08. The predicted octanol–water partition coefficient (Wildman–Crippen LogP) is 4.30. The highest BCUT2D eigenvalue weighted by atomic mass is 16.5. The first-order valence-electron chi connectivity index (χ1n) is 7.81. The van der Waals surface area contributed by atoms with Gasteiger partial charge in [0.1, 0.15) is 11.4 Å². The molecule has 2 aromatic carbocycles. The summed E-state index contributed by atoms with van der Waals surface area (Å²) >= 11 is 0. The average molecular weight is 319 g/mol. The lowest BCUT2D eigenvalue weighted by molar-refractivity contribution is 0.416. The van der Waals surface area contributed by atoms with Crippen LogP contribution in [0.5, 0.6) is 5.75 Å². The van der Waals surface area contributed by atoms with E-state index in [0.29, 0.717) is 0 Å². The molecule has 122 valence electrons. The molecule has 0 saturated carbocycles. The van der Waals surface area contributed by atoms with Crippen LogP contribution in [0.4, 0.5) is 11.4 Å². The van der Waals surface area contributed by atoms with Gasteiger partial charge in [0.05, 0.1) is 19.0 Å². The van der Waals surface area contributed by atoms with Gasteiger partial charge >= 0.3 is 0 Å². The van der Waals surface area contributed by atoms with Crippen molar-refractivity contribution in [3.63, 3.8) is 0 Å². The fourth-order valence-corrected chi connectivity index (χ4v) is 2.52. The molecule has 0 saturated heterocycles. The van der Waals surface area contributed by atoms with Gasteiger partial charge in [0.15, 0.2) is 0 Å². The maximum atomic E-state index is 5.34. The molecule has 0 radical (unpaired) electrons. The fourth-order valence-electron chi connectivity index (χ4n) is 2.52. The van der Waals surface area contributed by atoms with Crippen molar-refractivity contribution in [2.45, 2.75) is 0 Å². The number of para-hydroxylation sites is 2. The lowest BCUT2D eigenvalue weighted by Crippen LogP contribution is -2.08. The van der Waals surface area contributed by atoms with Gasteiger partial charge in [-0.2, -0.15) is 0 Å². The number of rotatable bonds is 5. The van der Waals surface area contributed by atoms with Crippen molar-refractivity contribution in [1.82, 2.24) is 4.57 Å². The molecule has 0 atom stereocenters. The third kappa shape index (κ3) is 3.33. The minimum atomic E-state index is 0.766. The van der Waals surface area contributed by atoms with Crippen LogP contribution in [0.3, 0.4) is 0 Å².